The molecule has 1 aliphatic rings. The van der Waals surface area contributed by atoms with Gasteiger partial charge in [-0.15, -0.1) is 0 Å². The maximum atomic E-state index is 13.8. The first-order valence-electron chi connectivity index (χ1n) is 10.6. The standard InChI is InChI=1S/C25H24FN5O2/c1-2-23(32)31-13-5-6-18(15-31)30-25-20(14-28-16-29-25)24(27)17-9-11-19(12-10-17)33-22-8-4-3-7-21(22)26/h2-4,7-12,14,16,18,27H,1,5-6,13,15H2,(H,28,29,30)/t18-/m1/s1. The van der Waals surface area contributed by atoms with E-state index in [4.69, 9.17) is 10.1 Å². The Morgan fingerprint density at radius 1 is 1.24 bits per heavy atom. The van der Waals surface area contributed by atoms with Crippen molar-refractivity contribution >= 4 is 17.4 Å². The summed E-state index contributed by atoms with van der Waals surface area (Å²) in [5.41, 5.74) is 1.43. The van der Waals surface area contributed by atoms with Gasteiger partial charge in [-0.25, -0.2) is 14.4 Å². The van der Waals surface area contributed by atoms with Gasteiger partial charge < -0.3 is 15.0 Å². The molecular weight excluding hydrogens is 421 g/mol. The summed E-state index contributed by atoms with van der Waals surface area (Å²) >= 11 is 0. The summed E-state index contributed by atoms with van der Waals surface area (Å²) in [7, 11) is 0. The van der Waals surface area contributed by atoms with Crippen LogP contribution < -0.4 is 10.1 Å². The minimum absolute atomic E-state index is 0.0145. The van der Waals surface area contributed by atoms with Crippen molar-refractivity contribution in [2.75, 3.05) is 18.4 Å². The van der Waals surface area contributed by atoms with Crippen LogP contribution in [0.1, 0.15) is 24.0 Å². The Bertz CT molecular complexity index is 1170. The van der Waals surface area contributed by atoms with Crippen LogP contribution in [-0.4, -0.2) is 45.6 Å². The maximum absolute atomic E-state index is 13.8. The third-order valence-electron chi connectivity index (χ3n) is 5.44. The van der Waals surface area contributed by atoms with Crippen molar-refractivity contribution in [1.82, 2.24) is 14.9 Å². The van der Waals surface area contributed by atoms with Crippen molar-refractivity contribution in [2.24, 2.45) is 0 Å². The summed E-state index contributed by atoms with van der Waals surface area (Å²) in [4.78, 5) is 22.2. The van der Waals surface area contributed by atoms with E-state index in [0.29, 0.717) is 35.8 Å². The fourth-order valence-electron chi connectivity index (χ4n) is 3.74. The second-order valence-corrected chi connectivity index (χ2v) is 7.69. The molecule has 1 saturated heterocycles. The van der Waals surface area contributed by atoms with Crippen LogP contribution in [0.15, 0.2) is 73.7 Å². The number of carbonyl (C=O) groups is 1. The van der Waals surface area contributed by atoms with Crippen molar-refractivity contribution in [2.45, 2.75) is 18.9 Å². The Morgan fingerprint density at radius 2 is 2.03 bits per heavy atom. The van der Waals surface area contributed by atoms with Gasteiger partial charge in [0.1, 0.15) is 17.9 Å². The second-order valence-electron chi connectivity index (χ2n) is 7.69. The number of nitrogens with zero attached hydrogens (tertiary/aromatic N) is 3. The number of amides is 1. The summed E-state index contributed by atoms with van der Waals surface area (Å²) in [5, 5.41) is 12.1. The Hall–Kier alpha value is -4.07. The molecule has 2 aromatic carbocycles. The van der Waals surface area contributed by atoms with Gasteiger partial charge in [-0.1, -0.05) is 18.7 Å². The number of aromatic nitrogens is 2. The molecule has 4 rings (SSSR count). The lowest BCUT2D eigenvalue weighted by Crippen LogP contribution is -2.44. The largest absolute Gasteiger partial charge is 0.454 e. The monoisotopic (exact) mass is 445 g/mol. The van der Waals surface area contributed by atoms with Crippen LogP contribution in [-0.2, 0) is 4.79 Å². The number of hydrogen-bond donors (Lipinski definition) is 2. The minimum atomic E-state index is -0.442. The van der Waals surface area contributed by atoms with Gasteiger partial charge in [-0.3, -0.25) is 10.2 Å². The SMILES string of the molecule is C=CC(=O)N1CCC[C@@H](Nc2ncncc2C(=N)c2ccc(Oc3ccccc3F)cc2)C1. The first kappa shape index (κ1) is 22.1. The predicted molar refractivity (Wildman–Crippen MR) is 124 cm³/mol. The Morgan fingerprint density at radius 3 is 2.79 bits per heavy atom. The summed E-state index contributed by atoms with van der Waals surface area (Å²) in [6, 6.07) is 13.1. The van der Waals surface area contributed by atoms with Crippen LogP contribution >= 0.6 is 0 Å². The highest BCUT2D eigenvalue weighted by molar-refractivity contribution is 6.13. The number of ether oxygens (including phenoxy) is 1. The highest BCUT2D eigenvalue weighted by Gasteiger charge is 2.24. The predicted octanol–water partition coefficient (Wildman–Crippen LogP) is 4.41. The lowest BCUT2D eigenvalue weighted by molar-refractivity contribution is -0.127. The first-order valence-corrected chi connectivity index (χ1v) is 10.6. The molecule has 7 nitrogen and oxygen atoms in total. The van der Waals surface area contributed by atoms with Gasteiger partial charge in [0.15, 0.2) is 11.6 Å². The number of rotatable bonds is 7. The molecule has 1 amide bonds. The molecule has 0 unspecified atom stereocenters. The topological polar surface area (TPSA) is 91.2 Å². The van der Waals surface area contributed by atoms with E-state index in [1.165, 1.54) is 18.5 Å². The molecule has 33 heavy (non-hydrogen) atoms. The van der Waals surface area contributed by atoms with Crippen molar-refractivity contribution in [3.8, 4) is 11.5 Å². The second kappa shape index (κ2) is 10.0. The van der Waals surface area contributed by atoms with Crippen LogP contribution in [0.5, 0.6) is 11.5 Å². The molecule has 3 aromatic rings. The van der Waals surface area contributed by atoms with Gasteiger partial charge in [-0.05, 0) is 55.3 Å². The van der Waals surface area contributed by atoms with E-state index in [1.54, 1.807) is 53.6 Å². The number of piperidine rings is 1. The Kier molecular flexibility index (Phi) is 6.73. The molecule has 0 radical (unpaired) electrons. The average molecular weight is 445 g/mol. The van der Waals surface area contributed by atoms with Crippen LogP contribution in [0, 0.1) is 11.2 Å². The van der Waals surface area contributed by atoms with Gasteiger partial charge in [0.05, 0.1) is 11.3 Å². The number of para-hydroxylation sites is 1. The molecule has 8 heteroatoms. The van der Waals surface area contributed by atoms with Crippen molar-refractivity contribution in [1.29, 1.82) is 5.41 Å². The van der Waals surface area contributed by atoms with E-state index in [1.807, 2.05) is 0 Å². The van der Waals surface area contributed by atoms with Gasteiger partial charge in [-0.2, -0.15) is 0 Å². The van der Waals surface area contributed by atoms with Gasteiger partial charge in [0, 0.05) is 30.9 Å². The number of carbonyl (C=O) groups excluding carboxylic acids is 1. The molecule has 0 aliphatic carbocycles. The molecule has 168 valence electrons. The third kappa shape index (κ3) is 5.23. The number of nitrogens with one attached hydrogen (secondary N) is 2. The number of anilines is 1. The van der Waals surface area contributed by atoms with E-state index in [-0.39, 0.29) is 23.4 Å². The Balaban J connectivity index is 1.48. The summed E-state index contributed by atoms with van der Waals surface area (Å²) in [5.74, 6) is 0.616. The van der Waals surface area contributed by atoms with E-state index >= 15 is 0 Å². The van der Waals surface area contributed by atoms with E-state index in [0.717, 1.165) is 12.8 Å². The zero-order valence-electron chi connectivity index (χ0n) is 18.0. The summed E-state index contributed by atoms with van der Waals surface area (Å²) < 4.78 is 19.4. The summed E-state index contributed by atoms with van der Waals surface area (Å²) in [6.45, 7) is 4.81. The molecule has 0 spiro atoms. The molecule has 2 N–H and O–H groups in total. The fourth-order valence-corrected chi connectivity index (χ4v) is 3.74. The van der Waals surface area contributed by atoms with Crippen molar-refractivity contribution in [3.05, 3.63) is 90.7 Å². The Labute approximate surface area is 191 Å². The molecule has 1 fully saturated rings. The van der Waals surface area contributed by atoms with Crippen LogP contribution in [0.25, 0.3) is 0 Å². The molecular formula is C25H24FN5O2. The number of halogens is 1. The van der Waals surface area contributed by atoms with Crippen LogP contribution in [0.4, 0.5) is 10.2 Å². The average Bonchev–Trinajstić information content (AvgIpc) is 2.85. The highest BCUT2D eigenvalue weighted by atomic mass is 19.1. The van der Waals surface area contributed by atoms with Crippen molar-refractivity contribution < 1.29 is 13.9 Å². The maximum Gasteiger partial charge on any atom is 0.246 e. The van der Waals surface area contributed by atoms with Gasteiger partial charge in [0.2, 0.25) is 5.91 Å². The zero-order valence-corrected chi connectivity index (χ0v) is 18.0. The van der Waals surface area contributed by atoms with Crippen LogP contribution in [0.3, 0.4) is 0 Å². The van der Waals surface area contributed by atoms with E-state index < -0.39 is 5.82 Å². The summed E-state index contributed by atoms with van der Waals surface area (Å²) in [6.07, 6.45) is 6.11. The smallest absolute Gasteiger partial charge is 0.246 e. The van der Waals surface area contributed by atoms with Crippen molar-refractivity contribution in [3.63, 3.8) is 0 Å². The quantitative estimate of drug-likeness (QED) is 0.415. The zero-order chi connectivity index (χ0) is 23.2. The minimum Gasteiger partial charge on any atom is -0.454 e. The fraction of sp³-hybridized carbons (Fsp3) is 0.200. The number of likely N-dealkylation sites (tertiary alicyclic amines) is 1. The molecule has 0 saturated carbocycles. The number of hydrogen-bond acceptors (Lipinski definition) is 6. The lowest BCUT2D eigenvalue weighted by atomic mass is 10.0. The molecule has 1 aromatic heterocycles. The highest BCUT2D eigenvalue weighted by Crippen LogP contribution is 2.26. The normalized spacial score (nSPS) is 15.5. The molecule has 1 aliphatic heterocycles. The van der Waals surface area contributed by atoms with Crippen LogP contribution in [0.2, 0.25) is 0 Å². The number of benzene rings is 2. The first-order chi connectivity index (χ1) is 16.0. The van der Waals surface area contributed by atoms with Gasteiger partial charge in [0.25, 0.3) is 0 Å². The lowest BCUT2D eigenvalue weighted by Gasteiger charge is -2.33. The molecule has 1 atom stereocenters. The molecule has 0 bridgehead atoms. The molecule has 2 heterocycles. The van der Waals surface area contributed by atoms with Gasteiger partial charge >= 0.3 is 0 Å². The van der Waals surface area contributed by atoms with E-state index in [9.17, 15) is 9.18 Å². The third-order valence-corrected chi connectivity index (χ3v) is 5.44. The van der Waals surface area contributed by atoms with E-state index in [2.05, 4.69) is 21.9 Å².